The summed E-state index contributed by atoms with van der Waals surface area (Å²) in [6.45, 7) is 2.26. The number of anilines is 1. The van der Waals surface area contributed by atoms with Crippen LogP contribution in [0.1, 0.15) is 18.4 Å². The molecule has 0 aromatic heterocycles. The third-order valence-corrected chi connectivity index (χ3v) is 4.17. The van der Waals surface area contributed by atoms with Gasteiger partial charge in [-0.2, -0.15) is 0 Å². The van der Waals surface area contributed by atoms with Crippen LogP contribution in [-0.4, -0.2) is 23.4 Å². The van der Waals surface area contributed by atoms with E-state index in [1.54, 1.807) is 0 Å². The highest BCUT2D eigenvalue weighted by Gasteiger charge is 2.46. The minimum absolute atomic E-state index is 0.0366. The molecule has 1 heterocycles. The second kappa shape index (κ2) is 5.12. The molecule has 0 saturated carbocycles. The molecular weight excluding hydrogens is 252 g/mol. The van der Waals surface area contributed by atoms with Crippen molar-refractivity contribution in [3.63, 3.8) is 0 Å². The van der Waals surface area contributed by atoms with Gasteiger partial charge in [-0.05, 0) is 31.4 Å². The topological polar surface area (TPSA) is 49.4 Å². The van der Waals surface area contributed by atoms with Crippen LogP contribution >= 0.6 is 0 Å². The van der Waals surface area contributed by atoms with E-state index < -0.39 is 0 Å². The highest BCUT2D eigenvalue weighted by atomic mass is 16.2. The van der Waals surface area contributed by atoms with Crippen LogP contribution in [0.4, 0.5) is 5.69 Å². The van der Waals surface area contributed by atoms with E-state index in [0.29, 0.717) is 12.8 Å². The summed E-state index contributed by atoms with van der Waals surface area (Å²) in [5.74, 6) is -0.367. The number of nitrogens with zero attached hydrogens (tertiary/aromatic N) is 1. The first-order valence-corrected chi connectivity index (χ1v) is 6.98. The van der Waals surface area contributed by atoms with Gasteiger partial charge in [0, 0.05) is 5.69 Å². The second-order valence-electron chi connectivity index (χ2n) is 5.41. The van der Waals surface area contributed by atoms with Crippen molar-refractivity contribution in [2.75, 3.05) is 12.0 Å². The molecule has 4 nitrogen and oxygen atoms in total. The van der Waals surface area contributed by atoms with Crippen molar-refractivity contribution < 1.29 is 9.59 Å². The lowest BCUT2D eigenvalue weighted by atomic mass is 9.85. The number of aryl methyl sites for hydroxylation is 1. The molecule has 1 aliphatic carbocycles. The summed E-state index contributed by atoms with van der Waals surface area (Å²) >= 11 is 0. The molecule has 2 aliphatic rings. The van der Waals surface area contributed by atoms with Crippen LogP contribution in [0.3, 0.4) is 0 Å². The Balaban J connectivity index is 1.71. The highest BCUT2D eigenvalue weighted by molar-refractivity contribution is 6.05. The predicted octanol–water partition coefficient (Wildman–Crippen LogP) is 2.32. The lowest BCUT2D eigenvalue weighted by Crippen LogP contribution is -2.35. The number of likely N-dealkylation sites (tertiary alicyclic amines) is 1. The fourth-order valence-electron chi connectivity index (χ4n) is 2.96. The van der Waals surface area contributed by atoms with Gasteiger partial charge in [0.15, 0.2) is 0 Å². The van der Waals surface area contributed by atoms with Gasteiger partial charge in [0.1, 0.15) is 0 Å². The summed E-state index contributed by atoms with van der Waals surface area (Å²) in [6.07, 6.45) is 5.39. The van der Waals surface area contributed by atoms with Crippen LogP contribution in [0.2, 0.25) is 0 Å². The fourth-order valence-corrected chi connectivity index (χ4v) is 2.96. The number of hydrogen-bond donors (Lipinski definition) is 1. The molecule has 2 amide bonds. The number of carbonyl (C=O) groups excluding carboxylic acids is 2. The smallest absolute Gasteiger partial charge is 0.234 e. The summed E-state index contributed by atoms with van der Waals surface area (Å²) in [6, 6.07) is 7.86. The van der Waals surface area contributed by atoms with Crippen molar-refractivity contribution in [1.29, 1.82) is 0 Å². The first kappa shape index (κ1) is 12.9. The van der Waals surface area contributed by atoms with E-state index in [2.05, 4.69) is 5.32 Å². The lowest BCUT2D eigenvalue weighted by molar-refractivity contribution is -0.139. The van der Waals surface area contributed by atoms with Crippen molar-refractivity contribution in [3.05, 3.63) is 42.0 Å². The molecule has 0 radical (unpaired) electrons. The standard InChI is InChI=1S/C16H18N2O2/c1-11-6-2-5-9-14(11)17-10-18-15(19)12-7-3-4-8-13(12)16(18)20/h2-6,9,12-13,17H,7-8,10H2,1H3/t12-,13-/m0/s1. The van der Waals surface area contributed by atoms with Crippen LogP contribution in [0.5, 0.6) is 0 Å². The molecule has 4 heteroatoms. The van der Waals surface area contributed by atoms with Gasteiger partial charge >= 0.3 is 0 Å². The zero-order valence-corrected chi connectivity index (χ0v) is 11.5. The van der Waals surface area contributed by atoms with E-state index in [1.165, 1.54) is 4.90 Å². The van der Waals surface area contributed by atoms with Crippen molar-refractivity contribution in [1.82, 2.24) is 4.90 Å². The van der Waals surface area contributed by atoms with Crippen LogP contribution in [0.25, 0.3) is 0 Å². The second-order valence-corrected chi connectivity index (χ2v) is 5.41. The first-order chi connectivity index (χ1) is 9.68. The van der Waals surface area contributed by atoms with Gasteiger partial charge in [-0.15, -0.1) is 0 Å². The van der Waals surface area contributed by atoms with Crippen molar-refractivity contribution in [3.8, 4) is 0 Å². The molecule has 0 bridgehead atoms. The molecule has 1 aromatic rings. The molecule has 20 heavy (non-hydrogen) atoms. The molecule has 1 saturated heterocycles. The van der Waals surface area contributed by atoms with Gasteiger partial charge < -0.3 is 5.32 Å². The van der Waals surface area contributed by atoms with Crippen LogP contribution < -0.4 is 5.32 Å². The SMILES string of the molecule is Cc1ccccc1NCN1C(=O)[C@H]2CC=CC[C@@H]2C1=O. The van der Waals surface area contributed by atoms with E-state index in [0.717, 1.165) is 11.3 Å². The quantitative estimate of drug-likeness (QED) is 0.677. The van der Waals surface area contributed by atoms with Crippen molar-refractivity contribution >= 4 is 17.5 Å². The van der Waals surface area contributed by atoms with E-state index in [9.17, 15) is 9.59 Å². The van der Waals surface area contributed by atoms with Crippen molar-refractivity contribution in [2.24, 2.45) is 11.8 Å². The summed E-state index contributed by atoms with van der Waals surface area (Å²) < 4.78 is 0. The third-order valence-electron chi connectivity index (χ3n) is 4.17. The normalized spacial score (nSPS) is 24.9. The van der Waals surface area contributed by atoms with Crippen LogP contribution in [0, 0.1) is 18.8 Å². The molecule has 3 rings (SSSR count). The minimum atomic E-state index is -0.147. The third kappa shape index (κ3) is 2.11. The number of nitrogens with one attached hydrogen (secondary N) is 1. The number of amides is 2. The molecule has 2 atom stereocenters. The summed E-state index contributed by atoms with van der Waals surface area (Å²) in [4.78, 5) is 25.9. The average molecular weight is 270 g/mol. The Morgan fingerprint density at radius 3 is 2.30 bits per heavy atom. The monoisotopic (exact) mass is 270 g/mol. The number of para-hydroxylation sites is 1. The highest BCUT2D eigenvalue weighted by Crippen LogP contribution is 2.34. The maximum atomic E-state index is 12.3. The molecule has 1 aliphatic heterocycles. The Kier molecular flexibility index (Phi) is 3.30. The van der Waals surface area contributed by atoms with Gasteiger partial charge in [-0.25, -0.2) is 0 Å². The van der Waals surface area contributed by atoms with E-state index in [-0.39, 0.29) is 30.3 Å². The Morgan fingerprint density at radius 2 is 1.70 bits per heavy atom. The molecular formula is C16H18N2O2. The predicted molar refractivity (Wildman–Crippen MR) is 76.9 cm³/mol. The maximum Gasteiger partial charge on any atom is 0.234 e. The molecule has 0 spiro atoms. The summed E-state index contributed by atoms with van der Waals surface area (Å²) in [5.41, 5.74) is 2.06. The number of imide groups is 1. The van der Waals surface area contributed by atoms with E-state index >= 15 is 0 Å². The first-order valence-electron chi connectivity index (χ1n) is 6.98. The van der Waals surface area contributed by atoms with Gasteiger partial charge in [0.2, 0.25) is 11.8 Å². The number of hydrogen-bond acceptors (Lipinski definition) is 3. The number of carbonyl (C=O) groups is 2. The number of rotatable bonds is 3. The van der Waals surface area contributed by atoms with E-state index in [4.69, 9.17) is 0 Å². The molecule has 0 unspecified atom stereocenters. The largest absolute Gasteiger partial charge is 0.367 e. The minimum Gasteiger partial charge on any atom is -0.367 e. The fraction of sp³-hybridized carbons (Fsp3) is 0.375. The van der Waals surface area contributed by atoms with Crippen LogP contribution in [0.15, 0.2) is 36.4 Å². The van der Waals surface area contributed by atoms with Crippen molar-refractivity contribution in [2.45, 2.75) is 19.8 Å². The Morgan fingerprint density at radius 1 is 1.10 bits per heavy atom. The molecule has 1 aromatic carbocycles. The lowest BCUT2D eigenvalue weighted by Gasteiger charge is -2.17. The Bertz CT molecular complexity index is 554. The van der Waals surface area contributed by atoms with Gasteiger partial charge in [-0.1, -0.05) is 30.4 Å². The number of fused-ring (bicyclic) bond motifs is 1. The average Bonchev–Trinajstić information content (AvgIpc) is 2.71. The molecule has 104 valence electrons. The zero-order valence-electron chi connectivity index (χ0n) is 11.5. The van der Waals surface area contributed by atoms with E-state index in [1.807, 2.05) is 43.3 Å². The van der Waals surface area contributed by atoms with Gasteiger partial charge in [0.05, 0.1) is 18.5 Å². The Hall–Kier alpha value is -2.10. The molecule has 1 fully saturated rings. The number of benzene rings is 1. The van der Waals surface area contributed by atoms with Gasteiger partial charge in [0.25, 0.3) is 0 Å². The van der Waals surface area contributed by atoms with Crippen LogP contribution in [-0.2, 0) is 9.59 Å². The maximum absolute atomic E-state index is 12.3. The Labute approximate surface area is 118 Å². The summed E-state index contributed by atoms with van der Waals surface area (Å²) in [5, 5.41) is 3.19. The van der Waals surface area contributed by atoms with Gasteiger partial charge in [-0.3, -0.25) is 14.5 Å². The molecule has 1 N–H and O–H groups in total. The number of allylic oxidation sites excluding steroid dienone is 2. The summed E-state index contributed by atoms with van der Waals surface area (Å²) in [7, 11) is 0. The zero-order chi connectivity index (χ0) is 14.1.